The van der Waals surface area contributed by atoms with E-state index in [1.165, 1.54) is 12.1 Å². The van der Waals surface area contributed by atoms with E-state index in [4.69, 9.17) is 10.5 Å². The topological polar surface area (TPSA) is 40.2 Å². The molecule has 0 radical (unpaired) electrons. The van der Waals surface area contributed by atoms with Gasteiger partial charge in [0.2, 0.25) is 0 Å². The van der Waals surface area contributed by atoms with E-state index >= 15 is 0 Å². The molecule has 0 unspecified atom stereocenters. The van der Waals surface area contributed by atoms with Gasteiger partial charge in [0.15, 0.2) is 0 Å². The lowest BCUT2D eigenvalue weighted by Gasteiger charge is -2.07. The van der Waals surface area contributed by atoms with Crippen LogP contribution >= 0.6 is 0 Å². The van der Waals surface area contributed by atoms with Crippen LogP contribution in [-0.2, 0) is 13.7 Å². The zero-order valence-electron chi connectivity index (χ0n) is 11.1. The summed E-state index contributed by atoms with van der Waals surface area (Å²) in [5.74, 6) is 0.374. The lowest BCUT2D eigenvalue weighted by Crippen LogP contribution is -2.01. The number of benzene rings is 2. The number of hydrogen-bond acceptors (Lipinski definition) is 2. The van der Waals surface area contributed by atoms with Crippen LogP contribution in [0.4, 0.5) is 10.1 Å². The molecule has 20 heavy (non-hydrogen) atoms. The van der Waals surface area contributed by atoms with E-state index in [-0.39, 0.29) is 5.82 Å². The second kappa shape index (κ2) is 4.89. The average molecular weight is 270 g/mol. The van der Waals surface area contributed by atoms with Crippen LogP contribution in [0.25, 0.3) is 10.9 Å². The zero-order chi connectivity index (χ0) is 14.1. The van der Waals surface area contributed by atoms with Gasteiger partial charge in [0.05, 0.1) is 11.2 Å². The Kier molecular flexibility index (Phi) is 3.06. The fraction of sp³-hybridized carbons (Fsp3) is 0.125. The van der Waals surface area contributed by atoms with E-state index in [0.29, 0.717) is 12.4 Å². The lowest BCUT2D eigenvalue weighted by atomic mass is 10.2. The molecule has 0 aliphatic carbocycles. The van der Waals surface area contributed by atoms with Crippen molar-refractivity contribution in [3.63, 3.8) is 0 Å². The highest BCUT2D eigenvalue weighted by Crippen LogP contribution is 2.25. The largest absolute Gasteiger partial charge is 0.487 e. The minimum absolute atomic E-state index is 0.269. The first kappa shape index (κ1) is 12.5. The quantitative estimate of drug-likeness (QED) is 0.740. The molecule has 0 atom stereocenters. The molecule has 3 aromatic rings. The summed E-state index contributed by atoms with van der Waals surface area (Å²) >= 11 is 0. The van der Waals surface area contributed by atoms with Gasteiger partial charge in [0.1, 0.15) is 18.2 Å². The first-order valence-corrected chi connectivity index (χ1v) is 6.36. The summed E-state index contributed by atoms with van der Waals surface area (Å²) in [5.41, 5.74) is 8.81. The van der Waals surface area contributed by atoms with E-state index < -0.39 is 0 Å². The Balaban J connectivity index is 1.86. The molecule has 3 nitrogen and oxygen atoms in total. The lowest BCUT2D eigenvalue weighted by molar-refractivity contribution is 0.297. The molecule has 1 aromatic heterocycles. The summed E-state index contributed by atoms with van der Waals surface area (Å²) in [5, 5.41) is 1.02. The Morgan fingerprint density at radius 3 is 2.60 bits per heavy atom. The highest BCUT2D eigenvalue weighted by Gasteiger charge is 2.08. The van der Waals surface area contributed by atoms with Crippen LogP contribution in [0.1, 0.15) is 5.69 Å². The molecule has 0 spiro atoms. The Labute approximate surface area is 116 Å². The second-order valence-electron chi connectivity index (χ2n) is 4.72. The third-order valence-corrected chi connectivity index (χ3v) is 3.42. The molecule has 0 fully saturated rings. The molecule has 2 N–H and O–H groups in total. The van der Waals surface area contributed by atoms with E-state index in [2.05, 4.69) is 4.57 Å². The van der Waals surface area contributed by atoms with Crippen molar-refractivity contribution in [1.29, 1.82) is 0 Å². The van der Waals surface area contributed by atoms with Crippen molar-refractivity contribution in [1.82, 2.24) is 4.57 Å². The monoisotopic (exact) mass is 270 g/mol. The maximum absolute atomic E-state index is 12.8. The molecule has 0 amide bonds. The number of aryl methyl sites for hydroxylation is 1. The van der Waals surface area contributed by atoms with Gasteiger partial charge in [-0.25, -0.2) is 4.39 Å². The standard InChI is InChI=1S/C16H15FN2O/c1-19-12(9-14-15(18)3-2-4-16(14)19)10-20-13-7-5-11(17)6-8-13/h2-9H,10,18H2,1H3. The summed E-state index contributed by atoms with van der Waals surface area (Å²) in [6.45, 7) is 0.413. The fourth-order valence-electron chi connectivity index (χ4n) is 2.26. The van der Waals surface area contributed by atoms with Crippen molar-refractivity contribution in [3.05, 3.63) is 60.0 Å². The summed E-state index contributed by atoms with van der Waals surface area (Å²) in [7, 11) is 1.98. The summed E-state index contributed by atoms with van der Waals surface area (Å²) in [4.78, 5) is 0. The van der Waals surface area contributed by atoms with Crippen molar-refractivity contribution < 1.29 is 9.13 Å². The van der Waals surface area contributed by atoms with E-state index in [0.717, 1.165) is 22.3 Å². The van der Waals surface area contributed by atoms with Gasteiger partial charge in [-0.15, -0.1) is 0 Å². The number of hydrogen-bond donors (Lipinski definition) is 1. The molecule has 0 aliphatic rings. The SMILES string of the molecule is Cn1c(COc2ccc(F)cc2)cc2c(N)cccc21. The number of anilines is 1. The van der Waals surface area contributed by atoms with Gasteiger partial charge >= 0.3 is 0 Å². The molecule has 0 bridgehead atoms. The fourth-order valence-corrected chi connectivity index (χ4v) is 2.26. The Hall–Kier alpha value is -2.49. The van der Waals surface area contributed by atoms with Gasteiger partial charge in [-0.3, -0.25) is 0 Å². The van der Waals surface area contributed by atoms with Crippen molar-refractivity contribution in [2.75, 3.05) is 5.73 Å². The van der Waals surface area contributed by atoms with Crippen LogP contribution in [0, 0.1) is 5.82 Å². The highest BCUT2D eigenvalue weighted by atomic mass is 19.1. The molecule has 0 saturated heterocycles. The summed E-state index contributed by atoms with van der Waals surface area (Å²) in [6.07, 6.45) is 0. The Bertz CT molecular complexity index is 747. The average Bonchev–Trinajstić information content (AvgIpc) is 2.77. The number of fused-ring (bicyclic) bond motifs is 1. The summed E-state index contributed by atoms with van der Waals surface area (Å²) in [6, 6.07) is 13.9. The molecule has 1 heterocycles. The van der Waals surface area contributed by atoms with Crippen LogP contribution in [0.2, 0.25) is 0 Å². The van der Waals surface area contributed by atoms with E-state index in [1.54, 1.807) is 12.1 Å². The summed E-state index contributed by atoms with van der Waals surface area (Å²) < 4.78 is 20.5. The van der Waals surface area contributed by atoms with Crippen molar-refractivity contribution in [2.45, 2.75) is 6.61 Å². The molecule has 2 aromatic carbocycles. The maximum atomic E-state index is 12.8. The number of aromatic nitrogens is 1. The van der Waals surface area contributed by atoms with Gasteiger partial charge in [0.25, 0.3) is 0 Å². The Morgan fingerprint density at radius 2 is 1.90 bits per heavy atom. The molecule has 3 rings (SSSR count). The minimum Gasteiger partial charge on any atom is -0.487 e. The van der Waals surface area contributed by atoms with Crippen molar-refractivity contribution >= 4 is 16.6 Å². The predicted molar refractivity (Wildman–Crippen MR) is 78.1 cm³/mol. The Morgan fingerprint density at radius 1 is 1.15 bits per heavy atom. The molecular formula is C16H15FN2O. The molecular weight excluding hydrogens is 255 g/mol. The number of nitrogens with zero attached hydrogens (tertiary/aromatic N) is 1. The molecule has 102 valence electrons. The van der Waals surface area contributed by atoms with Gasteiger partial charge in [-0.2, -0.15) is 0 Å². The first-order chi connectivity index (χ1) is 9.65. The number of rotatable bonds is 3. The number of nitrogens with two attached hydrogens (primary N) is 1. The minimum atomic E-state index is -0.269. The third-order valence-electron chi connectivity index (χ3n) is 3.42. The highest BCUT2D eigenvalue weighted by molar-refractivity contribution is 5.92. The van der Waals surface area contributed by atoms with Crippen LogP contribution in [0.15, 0.2) is 48.5 Å². The number of halogens is 1. The smallest absolute Gasteiger partial charge is 0.128 e. The molecule has 4 heteroatoms. The van der Waals surface area contributed by atoms with Crippen LogP contribution < -0.4 is 10.5 Å². The number of ether oxygens (including phenoxy) is 1. The van der Waals surface area contributed by atoms with Gasteiger partial charge < -0.3 is 15.0 Å². The van der Waals surface area contributed by atoms with Crippen LogP contribution in [-0.4, -0.2) is 4.57 Å². The van der Waals surface area contributed by atoms with Gasteiger partial charge in [-0.05, 0) is 42.5 Å². The third kappa shape index (κ3) is 2.20. The van der Waals surface area contributed by atoms with E-state index in [1.807, 2.05) is 31.3 Å². The van der Waals surface area contributed by atoms with Gasteiger partial charge in [0, 0.05) is 18.1 Å². The van der Waals surface area contributed by atoms with Crippen molar-refractivity contribution in [2.24, 2.45) is 7.05 Å². The predicted octanol–water partition coefficient (Wildman–Crippen LogP) is 3.48. The van der Waals surface area contributed by atoms with Crippen LogP contribution in [0.5, 0.6) is 5.75 Å². The normalized spacial score (nSPS) is 10.9. The second-order valence-corrected chi connectivity index (χ2v) is 4.72. The first-order valence-electron chi connectivity index (χ1n) is 6.36. The van der Waals surface area contributed by atoms with Crippen LogP contribution in [0.3, 0.4) is 0 Å². The van der Waals surface area contributed by atoms with Crippen molar-refractivity contribution in [3.8, 4) is 5.75 Å². The van der Waals surface area contributed by atoms with E-state index in [9.17, 15) is 4.39 Å². The van der Waals surface area contributed by atoms with Gasteiger partial charge in [-0.1, -0.05) is 6.07 Å². The number of nitrogen functional groups attached to an aromatic ring is 1. The zero-order valence-corrected chi connectivity index (χ0v) is 11.1. The molecule has 0 saturated carbocycles. The molecule has 0 aliphatic heterocycles. The maximum Gasteiger partial charge on any atom is 0.128 e.